The number of anilines is 1. The van der Waals surface area contributed by atoms with E-state index in [0.717, 1.165) is 17.0 Å². The van der Waals surface area contributed by atoms with Gasteiger partial charge in [0.25, 0.3) is 5.91 Å². The number of thiazole rings is 1. The van der Waals surface area contributed by atoms with Gasteiger partial charge in [-0.05, 0) is 18.1 Å². The third-order valence-electron chi connectivity index (χ3n) is 4.24. The molecular weight excluding hydrogens is 350 g/mol. The first-order valence-electron chi connectivity index (χ1n) is 8.68. The average molecular weight is 373 g/mol. The van der Waals surface area contributed by atoms with Crippen molar-refractivity contribution in [3.63, 3.8) is 0 Å². The molecule has 138 valence electrons. The van der Waals surface area contributed by atoms with E-state index >= 15 is 0 Å². The molecule has 2 amide bonds. The molecule has 2 aromatic rings. The Labute approximate surface area is 157 Å². The molecule has 0 unspecified atom stereocenters. The molecule has 1 aromatic carbocycles. The second kappa shape index (κ2) is 7.86. The van der Waals surface area contributed by atoms with E-state index in [1.807, 2.05) is 24.8 Å². The summed E-state index contributed by atoms with van der Waals surface area (Å²) < 4.78 is 5.24. The lowest BCUT2D eigenvalue weighted by atomic mass is 10.1. The molecule has 2 heterocycles. The fraction of sp³-hybridized carbons (Fsp3) is 0.421. The largest absolute Gasteiger partial charge is 0.496 e. The summed E-state index contributed by atoms with van der Waals surface area (Å²) in [5.41, 5.74) is 1.44. The lowest BCUT2D eigenvalue weighted by Crippen LogP contribution is -2.36. The van der Waals surface area contributed by atoms with Gasteiger partial charge in [0.15, 0.2) is 5.13 Å². The summed E-state index contributed by atoms with van der Waals surface area (Å²) in [6.07, 6.45) is 1.28. The van der Waals surface area contributed by atoms with Crippen molar-refractivity contribution in [1.82, 2.24) is 9.88 Å². The predicted octanol–water partition coefficient (Wildman–Crippen LogP) is 3.33. The summed E-state index contributed by atoms with van der Waals surface area (Å²) in [6.45, 7) is 5.35. The highest BCUT2D eigenvalue weighted by molar-refractivity contribution is 7.15. The number of hydrogen-bond acceptors (Lipinski definition) is 5. The number of nitrogens with zero attached hydrogens (tertiary/aromatic N) is 2. The van der Waals surface area contributed by atoms with Gasteiger partial charge in [0.2, 0.25) is 5.91 Å². The van der Waals surface area contributed by atoms with Gasteiger partial charge < -0.3 is 9.64 Å². The molecule has 1 N–H and O–H groups in total. The van der Waals surface area contributed by atoms with Crippen molar-refractivity contribution in [1.29, 1.82) is 0 Å². The van der Waals surface area contributed by atoms with Crippen LogP contribution in [0.5, 0.6) is 5.75 Å². The van der Waals surface area contributed by atoms with Crippen molar-refractivity contribution >= 4 is 28.3 Å². The van der Waals surface area contributed by atoms with Crippen molar-refractivity contribution in [3.05, 3.63) is 40.4 Å². The van der Waals surface area contributed by atoms with Crippen LogP contribution in [-0.2, 0) is 17.8 Å². The maximum Gasteiger partial charge on any atom is 0.261 e. The quantitative estimate of drug-likeness (QED) is 0.873. The van der Waals surface area contributed by atoms with Crippen LogP contribution in [0, 0.1) is 5.92 Å². The SMILES string of the molecule is COc1ccccc1C(=O)Nc1nc2c(s1)CN(C(=O)CC(C)C)CC2. The van der Waals surface area contributed by atoms with E-state index in [4.69, 9.17) is 4.74 Å². The van der Waals surface area contributed by atoms with Crippen LogP contribution in [0.2, 0.25) is 0 Å². The fourth-order valence-corrected chi connectivity index (χ4v) is 3.96. The van der Waals surface area contributed by atoms with Crippen molar-refractivity contribution in [2.75, 3.05) is 19.0 Å². The summed E-state index contributed by atoms with van der Waals surface area (Å²) in [4.78, 5) is 32.3. The van der Waals surface area contributed by atoms with Crippen molar-refractivity contribution in [2.24, 2.45) is 5.92 Å². The lowest BCUT2D eigenvalue weighted by Gasteiger charge is -2.26. The number of methoxy groups -OCH3 is 1. The number of hydrogen-bond donors (Lipinski definition) is 1. The zero-order valence-corrected chi connectivity index (χ0v) is 16.1. The Kier molecular flexibility index (Phi) is 5.56. The number of nitrogens with one attached hydrogen (secondary N) is 1. The highest BCUT2D eigenvalue weighted by Crippen LogP contribution is 2.29. The number of fused-ring (bicyclic) bond motifs is 1. The van der Waals surface area contributed by atoms with E-state index in [0.29, 0.717) is 41.9 Å². The molecule has 26 heavy (non-hydrogen) atoms. The maximum atomic E-state index is 12.5. The van der Waals surface area contributed by atoms with Crippen LogP contribution in [0.1, 0.15) is 41.2 Å². The number of carbonyl (C=O) groups is 2. The van der Waals surface area contributed by atoms with Gasteiger partial charge in [-0.3, -0.25) is 14.9 Å². The smallest absolute Gasteiger partial charge is 0.261 e. The van der Waals surface area contributed by atoms with E-state index in [-0.39, 0.29) is 11.8 Å². The van der Waals surface area contributed by atoms with Gasteiger partial charge in [-0.15, -0.1) is 0 Å². The van der Waals surface area contributed by atoms with Crippen molar-refractivity contribution < 1.29 is 14.3 Å². The Hall–Kier alpha value is -2.41. The van der Waals surface area contributed by atoms with Crippen LogP contribution >= 0.6 is 11.3 Å². The molecule has 3 rings (SSSR count). The first kappa shape index (κ1) is 18.4. The van der Waals surface area contributed by atoms with Gasteiger partial charge in [-0.25, -0.2) is 4.98 Å². The highest BCUT2D eigenvalue weighted by atomic mass is 32.1. The fourth-order valence-electron chi connectivity index (χ4n) is 2.94. The number of amides is 2. The molecule has 7 heteroatoms. The van der Waals surface area contributed by atoms with Crippen molar-refractivity contribution in [3.8, 4) is 5.75 Å². The number of carbonyl (C=O) groups excluding carboxylic acids is 2. The zero-order valence-electron chi connectivity index (χ0n) is 15.2. The van der Waals surface area contributed by atoms with Gasteiger partial charge in [-0.1, -0.05) is 37.3 Å². The molecule has 0 spiro atoms. The Balaban J connectivity index is 1.70. The lowest BCUT2D eigenvalue weighted by molar-refractivity contribution is -0.132. The van der Waals surface area contributed by atoms with E-state index in [2.05, 4.69) is 10.3 Å². The molecule has 1 aliphatic heterocycles. The third-order valence-corrected chi connectivity index (χ3v) is 5.24. The Morgan fingerprint density at radius 2 is 2.12 bits per heavy atom. The van der Waals surface area contributed by atoms with E-state index in [1.165, 1.54) is 18.4 Å². The molecule has 0 saturated heterocycles. The molecule has 0 radical (unpaired) electrons. The number of aromatic nitrogens is 1. The number of ether oxygens (including phenoxy) is 1. The summed E-state index contributed by atoms with van der Waals surface area (Å²) in [5, 5.41) is 3.41. The second-order valence-electron chi connectivity index (χ2n) is 6.71. The minimum atomic E-state index is -0.249. The molecule has 0 atom stereocenters. The van der Waals surface area contributed by atoms with Crippen LogP contribution in [0.4, 0.5) is 5.13 Å². The topological polar surface area (TPSA) is 71.5 Å². The number of rotatable bonds is 5. The maximum absolute atomic E-state index is 12.5. The minimum absolute atomic E-state index is 0.179. The molecule has 6 nitrogen and oxygen atoms in total. The Morgan fingerprint density at radius 1 is 1.35 bits per heavy atom. The second-order valence-corrected chi connectivity index (χ2v) is 7.79. The molecule has 1 aliphatic rings. The molecule has 0 bridgehead atoms. The summed E-state index contributed by atoms with van der Waals surface area (Å²) in [6, 6.07) is 7.08. The first-order chi connectivity index (χ1) is 12.5. The normalized spacial score (nSPS) is 13.5. The van der Waals surface area contributed by atoms with E-state index < -0.39 is 0 Å². The average Bonchev–Trinajstić information content (AvgIpc) is 3.02. The molecular formula is C19H23N3O3S. The first-order valence-corrected chi connectivity index (χ1v) is 9.50. The predicted molar refractivity (Wildman–Crippen MR) is 102 cm³/mol. The van der Waals surface area contributed by atoms with Gasteiger partial charge >= 0.3 is 0 Å². The minimum Gasteiger partial charge on any atom is -0.496 e. The van der Waals surface area contributed by atoms with Crippen LogP contribution in [-0.4, -0.2) is 35.4 Å². The van der Waals surface area contributed by atoms with Gasteiger partial charge in [-0.2, -0.15) is 0 Å². The number of benzene rings is 1. The summed E-state index contributed by atoms with van der Waals surface area (Å²) in [7, 11) is 1.54. The highest BCUT2D eigenvalue weighted by Gasteiger charge is 2.25. The van der Waals surface area contributed by atoms with E-state index in [9.17, 15) is 9.59 Å². The Bertz CT molecular complexity index is 816. The van der Waals surface area contributed by atoms with Crippen LogP contribution in [0.15, 0.2) is 24.3 Å². The monoisotopic (exact) mass is 373 g/mol. The molecule has 0 aliphatic carbocycles. The third kappa shape index (κ3) is 4.04. The van der Waals surface area contributed by atoms with Crippen molar-refractivity contribution in [2.45, 2.75) is 33.2 Å². The van der Waals surface area contributed by atoms with E-state index in [1.54, 1.807) is 18.2 Å². The Morgan fingerprint density at radius 3 is 2.85 bits per heavy atom. The van der Waals surface area contributed by atoms with Gasteiger partial charge in [0.05, 0.1) is 24.9 Å². The zero-order chi connectivity index (χ0) is 18.7. The number of para-hydroxylation sites is 1. The van der Waals surface area contributed by atoms with Crippen LogP contribution < -0.4 is 10.1 Å². The molecule has 0 fully saturated rings. The summed E-state index contributed by atoms with van der Waals surface area (Å²) in [5.74, 6) is 0.804. The molecule has 0 saturated carbocycles. The standard InChI is InChI=1S/C19H23N3O3S/c1-12(2)10-17(23)22-9-8-14-16(11-22)26-19(20-14)21-18(24)13-6-4-5-7-15(13)25-3/h4-7,12H,8-11H2,1-3H3,(H,20,21,24). The van der Waals surface area contributed by atoms with Crippen LogP contribution in [0.25, 0.3) is 0 Å². The molecule has 1 aromatic heterocycles. The van der Waals surface area contributed by atoms with Gasteiger partial charge in [0, 0.05) is 24.3 Å². The van der Waals surface area contributed by atoms with Gasteiger partial charge in [0.1, 0.15) is 5.75 Å². The summed E-state index contributed by atoms with van der Waals surface area (Å²) >= 11 is 1.43. The van der Waals surface area contributed by atoms with Crippen LogP contribution in [0.3, 0.4) is 0 Å².